The Morgan fingerprint density at radius 2 is 1.74 bits per heavy atom. The van der Waals surface area contributed by atoms with Gasteiger partial charge in [0.05, 0.1) is 6.61 Å². The molecule has 1 aromatic rings. The van der Waals surface area contributed by atoms with Crippen LogP contribution in [0.5, 0.6) is 5.75 Å². The molecule has 0 aliphatic carbocycles. The second-order valence-electron chi connectivity index (χ2n) is 4.87. The Hall–Kier alpha value is -1.20. The first kappa shape index (κ1) is 15.9. The summed E-state index contributed by atoms with van der Waals surface area (Å²) in [6.07, 6.45) is 0. The zero-order chi connectivity index (χ0) is 14.4. The summed E-state index contributed by atoms with van der Waals surface area (Å²) in [4.78, 5) is 0. The maximum Gasteiger partial charge on any atom is 0.387 e. The van der Waals surface area contributed by atoms with Crippen molar-refractivity contribution in [3.8, 4) is 5.75 Å². The first-order chi connectivity index (χ1) is 8.93. The molecule has 19 heavy (non-hydrogen) atoms. The van der Waals surface area contributed by atoms with Crippen molar-refractivity contribution in [1.82, 2.24) is 5.32 Å². The number of ether oxygens (including phenoxy) is 1. The highest BCUT2D eigenvalue weighted by molar-refractivity contribution is 5.29. The van der Waals surface area contributed by atoms with E-state index in [4.69, 9.17) is 0 Å². The molecule has 0 amide bonds. The normalized spacial score (nSPS) is 14.7. The monoisotopic (exact) mass is 273 g/mol. The number of aliphatic hydroxyl groups excluding tert-OH is 1. The van der Waals surface area contributed by atoms with Crippen molar-refractivity contribution in [1.29, 1.82) is 0 Å². The first-order valence-corrected chi connectivity index (χ1v) is 6.35. The van der Waals surface area contributed by atoms with Gasteiger partial charge in [0.2, 0.25) is 0 Å². The van der Waals surface area contributed by atoms with Crippen LogP contribution in [0.15, 0.2) is 24.3 Å². The lowest BCUT2D eigenvalue weighted by Gasteiger charge is -2.25. The average molecular weight is 273 g/mol. The largest absolute Gasteiger partial charge is 0.435 e. The van der Waals surface area contributed by atoms with E-state index in [9.17, 15) is 13.9 Å². The second kappa shape index (κ2) is 7.40. The predicted octanol–water partition coefficient (Wildman–Crippen LogP) is 2.96. The van der Waals surface area contributed by atoms with Gasteiger partial charge in [0.1, 0.15) is 5.75 Å². The smallest absolute Gasteiger partial charge is 0.387 e. The molecule has 0 aromatic heterocycles. The maximum absolute atomic E-state index is 12.0. The van der Waals surface area contributed by atoms with Crippen LogP contribution in [-0.2, 0) is 0 Å². The molecule has 0 aliphatic heterocycles. The van der Waals surface area contributed by atoms with Crippen molar-refractivity contribution < 1.29 is 18.6 Å². The molecule has 0 aliphatic rings. The van der Waals surface area contributed by atoms with Crippen LogP contribution in [0.3, 0.4) is 0 Å². The summed E-state index contributed by atoms with van der Waals surface area (Å²) in [6, 6.07) is 6.55. The summed E-state index contributed by atoms with van der Waals surface area (Å²) < 4.78 is 28.3. The van der Waals surface area contributed by atoms with Crippen LogP contribution in [0.2, 0.25) is 0 Å². The molecule has 0 radical (unpaired) electrons. The minimum absolute atomic E-state index is 0.00647. The predicted molar refractivity (Wildman–Crippen MR) is 70.3 cm³/mol. The van der Waals surface area contributed by atoms with Gasteiger partial charge in [0.25, 0.3) is 0 Å². The van der Waals surface area contributed by atoms with E-state index in [0.29, 0.717) is 5.92 Å². The van der Waals surface area contributed by atoms with Crippen molar-refractivity contribution in [2.75, 3.05) is 6.61 Å². The van der Waals surface area contributed by atoms with Gasteiger partial charge in [-0.2, -0.15) is 8.78 Å². The van der Waals surface area contributed by atoms with Gasteiger partial charge in [-0.05, 0) is 30.5 Å². The summed E-state index contributed by atoms with van der Waals surface area (Å²) in [5.41, 5.74) is 0.959. The topological polar surface area (TPSA) is 41.5 Å². The van der Waals surface area contributed by atoms with Crippen LogP contribution in [0, 0.1) is 5.92 Å². The Balaban J connectivity index is 2.64. The highest BCUT2D eigenvalue weighted by Gasteiger charge is 2.16. The van der Waals surface area contributed by atoms with Gasteiger partial charge in [0, 0.05) is 12.1 Å². The molecule has 1 aromatic carbocycles. The molecule has 0 spiro atoms. The number of hydrogen-bond donors (Lipinski definition) is 2. The van der Waals surface area contributed by atoms with Crippen LogP contribution in [0.25, 0.3) is 0 Å². The molecule has 2 unspecified atom stereocenters. The van der Waals surface area contributed by atoms with E-state index in [-0.39, 0.29) is 24.4 Å². The third-order valence-corrected chi connectivity index (χ3v) is 3.07. The minimum atomic E-state index is -2.80. The Labute approximate surface area is 112 Å². The lowest BCUT2D eigenvalue weighted by atomic mass is 10.0. The Kier molecular flexibility index (Phi) is 6.18. The molecule has 3 nitrogen and oxygen atoms in total. The molecule has 0 fully saturated rings. The maximum atomic E-state index is 12.0. The Bertz CT molecular complexity index is 368. The van der Waals surface area contributed by atoms with Crippen molar-refractivity contribution in [3.05, 3.63) is 29.8 Å². The summed E-state index contributed by atoms with van der Waals surface area (Å²) >= 11 is 0. The Morgan fingerprint density at radius 3 is 2.16 bits per heavy atom. The minimum Gasteiger partial charge on any atom is -0.435 e. The van der Waals surface area contributed by atoms with Gasteiger partial charge in [-0.3, -0.25) is 0 Å². The van der Waals surface area contributed by atoms with Crippen LogP contribution in [-0.4, -0.2) is 24.4 Å². The number of rotatable bonds is 7. The number of aliphatic hydroxyl groups is 1. The van der Waals surface area contributed by atoms with Crippen LogP contribution < -0.4 is 10.1 Å². The first-order valence-electron chi connectivity index (χ1n) is 6.35. The van der Waals surface area contributed by atoms with Crippen molar-refractivity contribution >= 4 is 0 Å². The summed E-state index contributed by atoms with van der Waals surface area (Å²) in [7, 11) is 0. The van der Waals surface area contributed by atoms with Gasteiger partial charge in [-0.25, -0.2) is 0 Å². The molecule has 0 saturated carbocycles. The van der Waals surface area contributed by atoms with E-state index in [2.05, 4.69) is 10.1 Å². The average Bonchev–Trinajstić information content (AvgIpc) is 2.35. The van der Waals surface area contributed by atoms with Gasteiger partial charge in [0.15, 0.2) is 0 Å². The summed E-state index contributed by atoms with van der Waals surface area (Å²) in [5.74, 6) is 0.461. The third-order valence-electron chi connectivity index (χ3n) is 3.07. The van der Waals surface area contributed by atoms with Crippen molar-refractivity contribution in [3.63, 3.8) is 0 Å². The van der Waals surface area contributed by atoms with Crippen LogP contribution in [0.4, 0.5) is 8.78 Å². The number of halogens is 2. The zero-order valence-electron chi connectivity index (χ0n) is 11.4. The van der Waals surface area contributed by atoms with Gasteiger partial charge < -0.3 is 15.2 Å². The van der Waals surface area contributed by atoms with Gasteiger partial charge >= 0.3 is 6.61 Å². The summed E-state index contributed by atoms with van der Waals surface area (Å²) in [5, 5.41) is 12.6. The van der Waals surface area contributed by atoms with E-state index in [1.807, 2.05) is 20.8 Å². The number of benzene rings is 1. The third kappa shape index (κ3) is 5.12. The van der Waals surface area contributed by atoms with Gasteiger partial charge in [-0.1, -0.05) is 26.0 Å². The fraction of sp³-hybridized carbons (Fsp3) is 0.571. The molecule has 108 valence electrons. The molecule has 2 N–H and O–H groups in total. The van der Waals surface area contributed by atoms with E-state index in [1.54, 1.807) is 12.1 Å². The molecular formula is C14H21F2NO2. The Morgan fingerprint density at radius 1 is 1.16 bits per heavy atom. The van der Waals surface area contributed by atoms with Crippen molar-refractivity contribution in [2.24, 2.45) is 5.92 Å². The number of alkyl halides is 2. The number of nitrogens with one attached hydrogen (secondary N) is 1. The zero-order valence-corrected chi connectivity index (χ0v) is 11.4. The van der Waals surface area contributed by atoms with Crippen LogP contribution >= 0.6 is 0 Å². The molecule has 5 heteroatoms. The molecule has 0 saturated heterocycles. The number of hydrogen-bond acceptors (Lipinski definition) is 3. The van der Waals surface area contributed by atoms with E-state index < -0.39 is 6.61 Å². The molecular weight excluding hydrogens is 252 g/mol. The van der Waals surface area contributed by atoms with E-state index in [0.717, 1.165) is 5.56 Å². The molecule has 0 heterocycles. The van der Waals surface area contributed by atoms with E-state index >= 15 is 0 Å². The van der Waals surface area contributed by atoms with Crippen LogP contribution in [0.1, 0.15) is 32.4 Å². The quantitative estimate of drug-likeness (QED) is 0.802. The second-order valence-corrected chi connectivity index (χ2v) is 4.87. The van der Waals surface area contributed by atoms with Gasteiger partial charge in [-0.15, -0.1) is 0 Å². The highest BCUT2D eigenvalue weighted by atomic mass is 19.3. The van der Waals surface area contributed by atoms with Crippen molar-refractivity contribution in [2.45, 2.75) is 39.5 Å². The fourth-order valence-corrected chi connectivity index (χ4v) is 1.81. The standard InChI is InChI=1S/C14H21F2NO2/c1-9(2)13(8-18)17-10(3)11-4-6-12(7-5-11)19-14(15)16/h4-7,9-10,13-14,17-18H,8H2,1-3H3. The molecule has 0 bridgehead atoms. The highest BCUT2D eigenvalue weighted by Crippen LogP contribution is 2.20. The summed E-state index contributed by atoms with van der Waals surface area (Å²) in [6.45, 7) is 3.28. The lowest BCUT2D eigenvalue weighted by Crippen LogP contribution is -2.38. The SMILES string of the molecule is CC(NC(CO)C(C)C)c1ccc(OC(F)F)cc1. The molecule has 2 atom stereocenters. The molecule has 1 rings (SSSR count). The van der Waals surface area contributed by atoms with E-state index in [1.165, 1.54) is 12.1 Å². The lowest BCUT2D eigenvalue weighted by molar-refractivity contribution is -0.0498. The fourth-order valence-electron chi connectivity index (χ4n) is 1.81.